The Labute approximate surface area is 72.3 Å². The van der Waals surface area contributed by atoms with Crippen molar-refractivity contribution >= 4 is 29.3 Å². The maximum Gasteiger partial charge on any atom is 0.329 e. The van der Waals surface area contributed by atoms with Gasteiger partial charge in [0.1, 0.15) is 0 Å². The molecule has 5 nitrogen and oxygen atoms in total. The first-order valence-electron chi connectivity index (χ1n) is 2.77. The molecule has 0 fully saturated rings. The van der Waals surface area contributed by atoms with E-state index in [4.69, 9.17) is 21.8 Å². The Morgan fingerprint density at radius 3 is 2.00 bits per heavy atom. The van der Waals surface area contributed by atoms with Crippen molar-refractivity contribution in [2.45, 2.75) is 5.38 Å². The largest absolute Gasteiger partial charge is 0.480 e. The van der Waals surface area contributed by atoms with Gasteiger partial charge in [0.2, 0.25) is 0 Å². The number of rotatable bonds is 4. The van der Waals surface area contributed by atoms with Crippen LogP contribution in [0.4, 0.5) is 0 Å². The van der Waals surface area contributed by atoms with Crippen molar-refractivity contribution in [1.29, 1.82) is 0 Å². The fourth-order valence-electron chi connectivity index (χ4n) is 0.360. The zero-order valence-corrected chi connectivity index (χ0v) is 6.49. The highest BCUT2D eigenvalue weighted by atomic mass is 35.5. The number of carboxylic acids is 2. The molecule has 0 spiro atoms. The van der Waals surface area contributed by atoms with Crippen molar-refractivity contribution in [3.8, 4) is 0 Å². The molecule has 0 heterocycles. The van der Waals surface area contributed by atoms with Gasteiger partial charge in [-0.1, -0.05) is 0 Å². The van der Waals surface area contributed by atoms with Crippen LogP contribution in [0, 0.1) is 0 Å². The minimum Gasteiger partial charge on any atom is -0.480 e. The normalized spacial score (nSPS) is 12.8. The molecular formula is C6H5ClO5. The molecule has 0 radical (unpaired) electrons. The number of hydrogen-bond acceptors (Lipinski definition) is 3. The van der Waals surface area contributed by atoms with Crippen LogP contribution >= 0.6 is 11.6 Å². The third-order valence-electron chi connectivity index (χ3n) is 0.857. The van der Waals surface area contributed by atoms with Crippen molar-refractivity contribution < 1.29 is 24.6 Å². The van der Waals surface area contributed by atoms with Gasteiger partial charge in [0.05, 0.1) is 0 Å². The van der Waals surface area contributed by atoms with E-state index < -0.39 is 23.1 Å². The van der Waals surface area contributed by atoms with Gasteiger partial charge in [0.25, 0.3) is 0 Å². The molecule has 0 aromatic heterocycles. The van der Waals surface area contributed by atoms with Crippen LogP contribution in [0.5, 0.6) is 0 Å². The van der Waals surface area contributed by atoms with E-state index in [2.05, 4.69) is 0 Å². The van der Waals surface area contributed by atoms with Crippen LogP contribution in [0.1, 0.15) is 0 Å². The molecule has 0 saturated heterocycles. The lowest BCUT2D eigenvalue weighted by molar-refractivity contribution is -0.139. The second-order valence-corrected chi connectivity index (χ2v) is 2.21. The van der Waals surface area contributed by atoms with E-state index in [0.29, 0.717) is 12.2 Å². The van der Waals surface area contributed by atoms with Crippen LogP contribution in [0.25, 0.3) is 0 Å². The van der Waals surface area contributed by atoms with Crippen LogP contribution < -0.4 is 0 Å². The number of allylic oxidation sites excluding steroid dienone is 1. The molecule has 1 unspecified atom stereocenters. The summed E-state index contributed by atoms with van der Waals surface area (Å²) in [6.07, 6.45) is 1.13. The van der Waals surface area contributed by atoms with E-state index in [0.717, 1.165) is 0 Å². The first-order valence-corrected chi connectivity index (χ1v) is 3.20. The van der Waals surface area contributed by atoms with Gasteiger partial charge in [-0.3, -0.25) is 9.59 Å². The molecule has 1 atom stereocenters. The predicted octanol–water partition coefficient (Wildman–Crippen LogP) is -0.112. The molecule has 0 aliphatic carbocycles. The Balaban J connectivity index is 4.22. The van der Waals surface area contributed by atoms with Crippen molar-refractivity contribution in [3.63, 3.8) is 0 Å². The van der Waals surface area contributed by atoms with Gasteiger partial charge in [0, 0.05) is 6.08 Å². The van der Waals surface area contributed by atoms with Crippen LogP contribution in [0.2, 0.25) is 0 Å². The first-order chi connectivity index (χ1) is 5.45. The van der Waals surface area contributed by atoms with E-state index in [1.165, 1.54) is 0 Å². The minimum atomic E-state index is -1.72. The van der Waals surface area contributed by atoms with Crippen molar-refractivity contribution in [3.05, 3.63) is 12.2 Å². The predicted molar refractivity (Wildman–Crippen MR) is 39.1 cm³/mol. The molecular weight excluding hydrogens is 188 g/mol. The average Bonchev–Trinajstić information content (AvgIpc) is 1.98. The summed E-state index contributed by atoms with van der Waals surface area (Å²) in [6, 6.07) is 0. The Morgan fingerprint density at radius 1 is 1.17 bits per heavy atom. The molecule has 0 aromatic carbocycles. The SMILES string of the molecule is O=C(O)/C=C\C(=O)C(Cl)C(=O)O. The van der Waals surface area contributed by atoms with Gasteiger partial charge in [-0.05, 0) is 6.08 Å². The Hall–Kier alpha value is -1.36. The second kappa shape index (κ2) is 4.50. The van der Waals surface area contributed by atoms with E-state index in [-0.39, 0.29) is 0 Å². The fourth-order valence-corrected chi connectivity index (χ4v) is 0.432. The number of carbonyl (C=O) groups is 3. The summed E-state index contributed by atoms with van der Waals surface area (Å²) in [5.74, 6) is -3.80. The number of carbonyl (C=O) groups excluding carboxylic acids is 1. The Morgan fingerprint density at radius 2 is 1.67 bits per heavy atom. The number of aliphatic carboxylic acids is 2. The number of halogens is 1. The van der Waals surface area contributed by atoms with E-state index >= 15 is 0 Å². The smallest absolute Gasteiger partial charge is 0.329 e. The molecule has 0 amide bonds. The lowest BCUT2D eigenvalue weighted by Crippen LogP contribution is -2.22. The number of ketones is 1. The van der Waals surface area contributed by atoms with Gasteiger partial charge in [-0.2, -0.15) is 0 Å². The van der Waals surface area contributed by atoms with Gasteiger partial charge < -0.3 is 10.2 Å². The Bertz CT molecular complexity index is 244. The van der Waals surface area contributed by atoms with Crippen molar-refractivity contribution in [2.75, 3.05) is 0 Å². The summed E-state index contributed by atoms with van der Waals surface area (Å²) in [5, 5.41) is 14.5. The maximum atomic E-state index is 10.6. The Kier molecular flexibility index (Phi) is 3.99. The van der Waals surface area contributed by atoms with Gasteiger partial charge >= 0.3 is 11.9 Å². The van der Waals surface area contributed by atoms with Gasteiger partial charge in [0.15, 0.2) is 11.2 Å². The van der Waals surface area contributed by atoms with Crippen LogP contribution in [0.15, 0.2) is 12.2 Å². The van der Waals surface area contributed by atoms with Gasteiger partial charge in [-0.25, -0.2) is 4.79 Å². The third kappa shape index (κ3) is 3.72. The topological polar surface area (TPSA) is 91.7 Å². The standard InChI is InChI=1S/C6H5ClO5/c7-5(6(11)12)3(8)1-2-4(9)10/h1-2,5H,(H,9,10)(H,11,12)/b2-1-. The summed E-state index contributed by atoms with van der Waals surface area (Å²) < 4.78 is 0. The summed E-state index contributed by atoms with van der Waals surface area (Å²) in [6.45, 7) is 0. The van der Waals surface area contributed by atoms with Crippen LogP contribution in [-0.2, 0) is 14.4 Å². The molecule has 0 aromatic rings. The lowest BCUT2D eigenvalue weighted by atomic mass is 10.2. The monoisotopic (exact) mass is 192 g/mol. The summed E-state index contributed by atoms with van der Waals surface area (Å²) in [4.78, 5) is 30.5. The molecule has 12 heavy (non-hydrogen) atoms. The number of alkyl halides is 1. The third-order valence-corrected chi connectivity index (χ3v) is 1.26. The average molecular weight is 193 g/mol. The quantitative estimate of drug-likeness (QED) is 0.368. The molecule has 0 aliphatic heterocycles. The highest BCUT2D eigenvalue weighted by Gasteiger charge is 2.20. The number of hydrogen-bond donors (Lipinski definition) is 2. The van der Waals surface area contributed by atoms with Crippen molar-refractivity contribution in [2.24, 2.45) is 0 Å². The maximum absolute atomic E-state index is 10.6. The highest BCUT2D eigenvalue weighted by Crippen LogP contribution is 1.98. The van der Waals surface area contributed by atoms with Crippen molar-refractivity contribution in [1.82, 2.24) is 0 Å². The summed E-state index contributed by atoms with van der Waals surface area (Å²) in [7, 11) is 0. The van der Waals surface area contributed by atoms with Gasteiger partial charge in [-0.15, -0.1) is 11.6 Å². The van der Waals surface area contributed by atoms with Crippen LogP contribution in [-0.4, -0.2) is 33.3 Å². The highest BCUT2D eigenvalue weighted by molar-refractivity contribution is 6.42. The molecule has 0 saturated carbocycles. The molecule has 66 valence electrons. The summed E-state index contributed by atoms with van der Waals surface area (Å²) >= 11 is 5.06. The fraction of sp³-hybridized carbons (Fsp3) is 0.167. The van der Waals surface area contributed by atoms with E-state index in [1.54, 1.807) is 0 Å². The minimum absolute atomic E-state index is 0.528. The van der Waals surface area contributed by atoms with E-state index in [1.807, 2.05) is 0 Å². The molecule has 0 bridgehead atoms. The number of carboxylic acid groups (broad SMARTS) is 2. The molecule has 6 heteroatoms. The molecule has 0 aliphatic rings. The molecule has 0 rings (SSSR count). The molecule has 2 N–H and O–H groups in total. The van der Waals surface area contributed by atoms with E-state index in [9.17, 15) is 14.4 Å². The van der Waals surface area contributed by atoms with Crippen LogP contribution in [0.3, 0.4) is 0 Å². The first kappa shape index (κ1) is 10.6. The second-order valence-electron chi connectivity index (χ2n) is 1.77. The zero-order chi connectivity index (χ0) is 9.72. The lowest BCUT2D eigenvalue weighted by Gasteiger charge is -1.95. The zero-order valence-electron chi connectivity index (χ0n) is 5.73. The summed E-state index contributed by atoms with van der Waals surface area (Å²) in [5.41, 5.74) is 0.